The maximum Gasteiger partial charge on any atom is 0.335 e. The van der Waals surface area contributed by atoms with Gasteiger partial charge in [-0.15, -0.1) is 0 Å². The Hall–Kier alpha value is -3.98. The van der Waals surface area contributed by atoms with Gasteiger partial charge in [0.25, 0.3) is 0 Å². The molecule has 0 saturated carbocycles. The van der Waals surface area contributed by atoms with Crippen LogP contribution in [-0.4, -0.2) is 16.9 Å². The minimum absolute atomic E-state index is 0.0712. The number of aromatic carboxylic acids is 1. The van der Waals surface area contributed by atoms with Crippen molar-refractivity contribution in [1.82, 2.24) is 0 Å². The van der Waals surface area contributed by atoms with Crippen molar-refractivity contribution in [3.63, 3.8) is 0 Å². The Labute approximate surface area is 200 Å². The third-order valence-corrected chi connectivity index (χ3v) is 6.48. The van der Waals surface area contributed by atoms with E-state index in [9.17, 15) is 9.59 Å². The Balaban J connectivity index is 1.73. The van der Waals surface area contributed by atoms with Gasteiger partial charge in [0.2, 0.25) is 0 Å². The quantitative estimate of drug-likeness (QED) is 0.317. The SMILES string of the molecule is CC(=O)c1ccc(-c2cc(C)c(-c3cc(C)c(-c4ccc(C(=O)O)cc4)cc3C)cc2C)cc1. The first-order chi connectivity index (χ1) is 16.2. The van der Waals surface area contributed by atoms with Crippen LogP contribution in [0.2, 0.25) is 0 Å². The summed E-state index contributed by atoms with van der Waals surface area (Å²) in [5.74, 6) is -0.846. The van der Waals surface area contributed by atoms with E-state index in [1.165, 1.54) is 33.4 Å². The zero-order valence-corrected chi connectivity index (χ0v) is 20.2. The lowest BCUT2D eigenvalue weighted by molar-refractivity contribution is 0.0696. The van der Waals surface area contributed by atoms with Crippen LogP contribution in [0.1, 0.15) is 49.9 Å². The summed E-state index contributed by atoms with van der Waals surface area (Å²) >= 11 is 0. The summed E-state index contributed by atoms with van der Waals surface area (Å²) in [6.45, 7) is 10.1. The Kier molecular flexibility index (Phi) is 6.21. The highest BCUT2D eigenvalue weighted by Crippen LogP contribution is 2.36. The molecule has 0 saturated heterocycles. The molecular weight excluding hydrogens is 420 g/mol. The van der Waals surface area contributed by atoms with Gasteiger partial charge in [-0.25, -0.2) is 4.79 Å². The van der Waals surface area contributed by atoms with Crippen LogP contribution in [0, 0.1) is 27.7 Å². The number of carbonyl (C=O) groups is 2. The standard InChI is InChI=1S/C31H28O3/c1-18-16-29(20(3)14-27(18)24-8-6-23(7-9-24)22(5)32)30-17-19(2)28(15-21(30)4)25-10-12-26(13-11-25)31(33)34/h6-17H,1-5H3,(H,33,34). The second-order valence-corrected chi connectivity index (χ2v) is 8.98. The summed E-state index contributed by atoms with van der Waals surface area (Å²) in [5.41, 5.74) is 12.5. The summed E-state index contributed by atoms with van der Waals surface area (Å²) in [5, 5.41) is 9.17. The fraction of sp³-hybridized carbons (Fsp3) is 0.161. The van der Waals surface area contributed by atoms with Crippen molar-refractivity contribution in [2.45, 2.75) is 34.6 Å². The van der Waals surface area contributed by atoms with E-state index in [-0.39, 0.29) is 11.3 Å². The van der Waals surface area contributed by atoms with Gasteiger partial charge in [0.05, 0.1) is 5.56 Å². The van der Waals surface area contributed by atoms with Gasteiger partial charge in [-0.2, -0.15) is 0 Å². The van der Waals surface area contributed by atoms with Crippen LogP contribution < -0.4 is 0 Å². The lowest BCUT2D eigenvalue weighted by Gasteiger charge is -2.17. The molecule has 0 spiro atoms. The fourth-order valence-electron chi connectivity index (χ4n) is 4.51. The van der Waals surface area contributed by atoms with Gasteiger partial charge in [0, 0.05) is 5.56 Å². The molecule has 34 heavy (non-hydrogen) atoms. The largest absolute Gasteiger partial charge is 0.478 e. The maximum absolute atomic E-state index is 11.6. The third-order valence-electron chi connectivity index (χ3n) is 6.48. The molecule has 4 aromatic carbocycles. The molecule has 0 aliphatic carbocycles. The van der Waals surface area contributed by atoms with E-state index in [2.05, 4.69) is 52.0 Å². The van der Waals surface area contributed by atoms with E-state index in [0.29, 0.717) is 0 Å². The molecule has 4 aromatic rings. The first-order valence-electron chi connectivity index (χ1n) is 11.3. The Morgan fingerprint density at radius 3 is 1.21 bits per heavy atom. The van der Waals surface area contributed by atoms with Crippen LogP contribution in [0.4, 0.5) is 0 Å². The van der Waals surface area contributed by atoms with Gasteiger partial charge < -0.3 is 5.11 Å². The number of benzene rings is 4. The molecule has 3 heteroatoms. The molecule has 0 aliphatic heterocycles. The van der Waals surface area contributed by atoms with Crippen LogP contribution in [0.5, 0.6) is 0 Å². The van der Waals surface area contributed by atoms with Gasteiger partial charge in [-0.3, -0.25) is 4.79 Å². The number of Topliss-reactive ketones (excluding diaryl/α,β-unsaturated/α-hetero) is 1. The number of hydrogen-bond donors (Lipinski definition) is 1. The van der Waals surface area contributed by atoms with Gasteiger partial charge in [-0.05, 0) is 102 Å². The first kappa shape index (κ1) is 23.2. The van der Waals surface area contributed by atoms with Crippen LogP contribution in [-0.2, 0) is 0 Å². The average molecular weight is 449 g/mol. The lowest BCUT2D eigenvalue weighted by Crippen LogP contribution is -1.96. The van der Waals surface area contributed by atoms with E-state index < -0.39 is 5.97 Å². The molecular formula is C31H28O3. The van der Waals surface area contributed by atoms with E-state index in [1.807, 2.05) is 36.4 Å². The monoisotopic (exact) mass is 448 g/mol. The molecule has 0 heterocycles. The number of ketones is 1. The molecule has 0 fully saturated rings. The summed E-state index contributed by atoms with van der Waals surface area (Å²) in [6.07, 6.45) is 0. The Bertz CT molecular complexity index is 1300. The normalized spacial score (nSPS) is 10.9. The number of rotatable bonds is 5. The topological polar surface area (TPSA) is 54.4 Å². The summed E-state index contributed by atoms with van der Waals surface area (Å²) < 4.78 is 0. The average Bonchev–Trinajstić information content (AvgIpc) is 2.81. The number of carboxylic acids is 1. The second kappa shape index (κ2) is 9.11. The van der Waals surface area contributed by atoms with E-state index in [1.54, 1.807) is 19.1 Å². The molecule has 0 radical (unpaired) electrons. The molecule has 4 rings (SSSR count). The highest BCUT2D eigenvalue weighted by molar-refractivity contribution is 5.94. The van der Waals surface area contributed by atoms with Crippen molar-refractivity contribution in [1.29, 1.82) is 0 Å². The summed E-state index contributed by atoms with van der Waals surface area (Å²) in [7, 11) is 0. The van der Waals surface area contributed by atoms with E-state index in [0.717, 1.165) is 27.8 Å². The predicted molar refractivity (Wildman–Crippen MR) is 139 cm³/mol. The fourth-order valence-corrected chi connectivity index (χ4v) is 4.51. The van der Waals surface area contributed by atoms with Crippen LogP contribution >= 0.6 is 0 Å². The molecule has 1 N–H and O–H groups in total. The highest BCUT2D eigenvalue weighted by Gasteiger charge is 2.14. The lowest BCUT2D eigenvalue weighted by atomic mass is 9.87. The van der Waals surface area contributed by atoms with Gasteiger partial charge >= 0.3 is 5.97 Å². The zero-order chi connectivity index (χ0) is 24.6. The zero-order valence-electron chi connectivity index (χ0n) is 20.2. The van der Waals surface area contributed by atoms with E-state index >= 15 is 0 Å². The molecule has 0 aliphatic rings. The van der Waals surface area contributed by atoms with Crippen LogP contribution in [0.15, 0.2) is 72.8 Å². The van der Waals surface area contributed by atoms with Crippen molar-refractivity contribution < 1.29 is 14.7 Å². The number of aryl methyl sites for hydroxylation is 4. The minimum Gasteiger partial charge on any atom is -0.478 e. The Morgan fingerprint density at radius 2 is 0.853 bits per heavy atom. The van der Waals surface area contributed by atoms with Crippen molar-refractivity contribution in [3.8, 4) is 33.4 Å². The number of carboxylic acid groups (broad SMARTS) is 1. The molecule has 170 valence electrons. The molecule has 0 unspecified atom stereocenters. The van der Waals surface area contributed by atoms with Crippen molar-refractivity contribution in [2.24, 2.45) is 0 Å². The van der Waals surface area contributed by atoms with Gasteiger partial charge in [0.15, 0.2) is 5.78 Å². The molecule has 0 amide bonds. The van der Waals surface area contributed by atoms with Gasteiger partial charge in [0.1, 0.15) is 0 Å². The molecule has 0 bridgehead atoms. The molecule has 0 atom stereocenters. The predicted octanol–water partition coefficient (Wildman–Crippen LogP) is 7.82. The first-order valence-corrected chi connectivity index (χ1v) is 11.3. The van der Waals surface area contributed by atoms with Gasteiger partial charge in [-0.1, -0.05) is 60.7 Å². The van der Waals surface area contributed by atoms with Crippen molar-refractivity contribution in [2.75, 3.05) is 0 Å². The minimum atomic E-state index is -0.918. The number of carbonyl (C=O) groups excluding carboxylic acids is 1. The maximum atomic E-state index is 11.6. The van der Waals surface area contributed by atoms with E-state index in [4.69, 9.17) is 5.11 Å². The van der Waals surface area contributed by atoms with Crippen LogP contribution in [0.3, 0.4) is 0 Å². The van der Waals surface area contributed by atoms with Crippen molar-refractivity contribution >= 4 is 11.8 Å². The highest BCUT2D eigenvalue weighted by atomic mass is 16.4. The Morgan fingerprint density at radius 1 is 0.529 bits per heavy atom. The van der Waals surface area contributed by atoms with Crippen molar-refractivity contribution in [3.05, 3.63) is 106 Å². The second-order valence-electron chi connectivity index (χ2n) is 8.98. The third kappa shape index (κ3) is 4.42. The number of hydrogen-bond acceptors (Lipinski definition) is 2. The molecule has 3 nitrogen and oxygen atoms in total. The summed E-state index contributed by atoms with van der Waals surface area (Å²) in [6, 6.07) is 23.7. The van der Waals surface area contributed by atoms with Crippen LogP contribution in [0.25, 0.3) is 33.4 Å². The smallest absolute Gasteiger partial charge is 0.335 e. The molecule has 0 aromatic heterocycles. The summed E-state index contributed by atoms with van der Waals surface area (Å²) in [4.78, 5) is 22.8.